The molecule has 4 atom stereocenters. The number of nitrogens with zero attached hydrogens (tertiary/aromatic N) is 10. The topological polar surface area (TPSA) is 298 Å². The van der Waals surface area contributed by atoms with E-state index in [1.54, 1.807) is 109 Å². The third-order valence-electron chi connectivity index (χ3n) is 19.5. The highest BCUT2D eigenvalue weighted by atomic mass is 35.5. The molecule has 6 aliphatic rings. The van der Waals surface area contributed by atoms with Gasteiger partial charge in [-0.15, -0.1) is 22.7 Å². The van der Waals surface area contributed by atoms with E-state index in [1.165, 1.54) is 73.3 Å². The van der Waals surface area contributed by atoms with Crippen molar-refractivity contribution < 1.29 is 66.7 Å². The first-order valence-corrected chi connectivity index (χ1v) is 38.1. The number of methoxy groups -OCH3 is 2. The lowest BCUT2D eigenvalue weighted by atomic mass is 9.95. The molecule has 578 valence electrons. The number of amides is 6. The minimum absolute atomic E-state index is 0.0234. The average molecular weight is 1590 g/mol. The van der Waals surface area contributed by atoms with Crippen molar-refractivity contribution in [2.45, 2.75) is 69.4 Å². The number of nitrogens with one attached hydrogen (secondary N) is 4. The van der Waals surface area contributed by atoms with Crippen molar-refractivity contribution in [1.29, 1.82) is 0 Å². The number of carbonyl (C=O) groups is 6. The molecule has 0 bridgehead atoms. The van der Waals surface area contributed by atoms with Crippen LogP contribution in [0.2, 0.25) is 10.0 Å². The van der Waals surface area contributed by atoms with Crippen molar-refractivity contribution in [3.8, 4) is 23.0 Å². The quantitative estimate of drug-likeness (QED) is 0.0324. The molecule has 32 heteroatoms. The fourth-order valence-electron chi connectivity index (χ4n) is 13.8. The number of rotatable bonds is 23. The second kappa shape index (κ2) is 33.9. The van der Waals surface area contributed by atoms with Crippen molar-refractivity contribution >= 4 is 105 Å². The standard InChI is InChI=1S/C40H41ClFN7O6S.C39H39ClFN7O6S/c1-40(2,14-18-50)46-36(51)24-4-9-28(10-5-24)55-29-11-7-26(8-12-29)49-22-27-21-47(16-17-48(27)39(49)53)23-32-33(38(52)54-3)34(30-13-6-25(42)20-31(30)41)45-35(44-32)37-43-15-19-56-37;1-39(2,22-49)45-35(50)23-4-9-27(10-5-23)54-28-11-7-25(8-12-28)48-20-26-19-46(15-16-47(26)38(48)52)21-31-32(37(51)53-3)33(29-13-6-24(41)18-30(29)40)44-34(43-31)36-42-14-17-55-36/h4-13,15,19-20,27,34,50H,14,16-18,21-23H2,1-3H3,(H,44,45)(H,46,51);4-14,17-18,26,33,49H,15-16,19-22H2,1-3H3,(H,43,44)(H,45,50)/t27-,34-;26-,33-/m00/s1. The number of ether oxygens (including phenoxy) is 4. The van der Waals surface area contributed by atoms with Crippen molar-refractivity contribution in [3.05, 3.63) is 233 Å². The zero-order chi connectivity index (χ0) is 78.4. The summed E-state index contributed by atoms with van der Waals surface area (Å²) in [5.74, 6) is 0.408. The minimum atomic E-state index is -0.872. The molecule has 4 fully saturated rings. The number of urea groups is 2. The molecule has 4 saturated heterocycles. The second-order valence-corrected chi connectivity index (χ2v) is 30.9. The number of fused-ring (bicyclic) bond motifs is 2. The van der Waals surface area contributed by atoms with Crippen LogP contribution in [-0.2, 0) is 19.1 Å². The first kappa shape index (κ1) is 78.4. The zero-order valence-corrected chi connectivity index (χ0v) is 64.4. The molecule has 0 aliphatic carbocycles. The third kappa shape index (κ3) is 18.0. The van der Waals surface area contributed by atoms with E-state index >= 15 is 0 Å². The van der Waals surface area contributed by atoms with E-state index in [9.17, 15) is 47.8 Å². The Morgan fingerprint density at radius 1 is 0.550 bits per heavy atom. The SMILES string of the molecule is COC(=O)C1=C(CN2CCN3C(=O)N(c4ccc(Oc5ccc(C(=O)NC(C)(C)CCO)cc5)cc4)C[C@@H]3C2)NC(c2nccs2)=N[C@H]1c1ccc(F)cc1Cl.COC(=O)C1=C(CN2CCN3C(=O)N(c4ccc(Oc5ccc(C(=O)NC(C)(C)CO)cc5)cc4)C[C@@H]3C2)NC(c2nccs2)=N[C@H]1c1ccc(F)cc1Cl. The summed E-state index contributed by atoms with van der Waals surface area (Å²) in [6.07, 6.45) is 3.77. The van der Waals surface area contributed by atoms with E-state index < -0.39 is 46.7 Å². The van der Waals surface area contributed by atoms with Gasteiger partial charge in [0.2, 0.25) is 0 Å². The largest absolute Gasteiger partial charge is 0.466 e. The molecule has 6 aliphatic heterocycles. The van der Waals surface area contributed by atoms with Crippen LogP contribution in [0.25, 0.3) is 0 Å². The molecule has 8 aromatic rings. The van der Waals surface area contributed by atoms with Crippen LogP contribution in [-0.4, -0.2) is 203 Å². The number of hydrogen-bond donors (Lipinski definition) is 6. The number of aliphatic hydroxyl groups is 2. The fraction of sp³-hybridized carbons (Fsp3) is 0.316. The smallest absolute Gasteiger partial charge is 0.338 e. The number of amidine groups is 2. The molecule has 6 aromatic carbocycles. The number of esters is 2. The first-order chi connectivity index (χ1) is 53.3. The normalized spacial score (nSPS) is 18.7. The molecule has 0 spiro atoms. The summed E-state index contributed by atoms with van der Waals surface area (Å²) in [5, 5.41) is 36.2. The van der Waals surface area contributed by atoms with Crippen LogP contribution >= 0.6 is 45.9 Å². The van der Waals surface area contributed by atoms with Gasteiger partial charge in [0.25, 0.3) is 11.8 Å². The second-order valence-electron chi connectivity index (χ2n) is 28.3. The summed E-state index contributed by atoms with van der Waals surface area (Å²) >= 11 is 15.8. The molecule has 14 rings (SSSR count). The molecule has 26 nitrogen and oxygen atoms in total. The Kier molecular flexibility index (Phi) is 23.9. The number of aliphatic hydroxyl groups excluding tert-OH is 2. The summed E-state index contributed by atoms with van der Waals surface area (Å²) in [6, 6.07) is 33.9. The molecular formula is C79H80Cl2F2N14O12S2. The highest BCUT2D eigenvalue weighted by Crippen LogP contribution is 2.41. The molecule has 6 N–H and O–H groups in total. The van der Waals surface area contributed by atoms with Gasteiger partial charge in [-0.3, -0.25) is 39.2 Å². The minimum Gasteiger partial charge on any atom is -0.466 e. The molecule has 0 radical (unpaired) electrons. The number of aromatic nitrogens is 2. The summed E-state index contributed by atoms with van der Waals surface area (Å²) in [5.41, 5.74) is 3.65. The number of aliphatic imine (C=N–C) groups is 2. The van der Waals surface area contributed by atoms with Crippen LogP contribution in [0.4, 0.5) is 29.7 Å². The monoisotopic (exact) mass is 1590 g/mol. The van der Waals surface area contributed by atoms with Crippen molar-refractivity contribution in [1.82, 2.24) is 50.8 Å². The van der Waals surface area contributed by atoms with E-state index in [1.807, 2.05) is 58.7 Å². The number of piperazine rings is 2. The molecule has 6 amide bonds. The van der Waals surface area contributed by atoms with Crippen LogP contribution in [0.1, 0.15) is 88.1 Å². The maximum Gasteiger partial charge on any atom is 0.338 e. The number of anilines is 2. The Bertz CT molecular complexity index is 4920. The predicted molar refractivity (Wildman–Crippen MR) is 417 cm³/mol. The maximum absolute atomic E-state index is 14.1. The first-order valence-electron chi connectivity index (χ1n) is 35.6. The van der Waals surface area contributed by atoms with Crippen LogP contribution in [0.15, 0.2) is 189 Å². The Morgan fingerprint density at radius 3 is 1.29 bits per heavy atom. The van der Waals surface area contributed by atoms with Gasteiger partial charge in [0.05, 0.1) is 49.6 Å². The van der Waals surface area contributed by atoms with Crippen LogP contribution < -0.4 is 40.5 Å². The van der Waals surface area contributed by atoms with Crippen LogP contribution in [0.3, 0.4) is 0 Å². The van der Waals surface area contributed by atoms with Crippen molar-refractivity contribution in [3.63, 3.8) is 0 Å². The summed E-state index contributed by atoms with van der Waals surface area (Å²) in [6.45, 7) is 11.7. The molecule has 2 aromatic heterocycles. The van der Waals surface area contributed by atoms with E-state index in [0.717, 1.165) is 11.4 Å². The highest BCUT2D eigenvalue weighted by Gasteiger charge is 2.45. The van der Waals surface area contributed by atoms with E-state index in [2.05, 4.69) is 41.0 Å². The van der Waals surface area contributed by atoms with E-state index in [-0.39, 0.29) is 70.4 Å². The molecule has 0 saturated carbocycles. The Labute approximate surface area is 656 Å². The summed E-state index contributed by atoms with van der Waals surface area (Å²) in [4.78, 5) is 109. The lowest BCUT2D eigenvalue weighted by molar-refractivity contribution is -0.137. The van der Waals surface area contributed by atoms with E-state index in [0.29, 0.717) is 150 Å². The molecular weight excluding hydrogens is 1510 g/mol. The third-order valence-corrected chi connectivity index (χ3v) is 21.7. The van der Waals surface area contributed by atoms with Gasteiger partial charge in [-0.1, -0.05) is 35.3 Å². The Hall–Kier alpha value is -10.7. The lowest BCUT2D eigenvalue weighted by Crippen LogP contribution is -2.53. The van der Waals surface area contributed by atoms with E-state index in [4.69, 9.17) is 52.1 Å². The maximum atomic E-state index is 14.1. The Morgan fingerprint density at radius 2 is 0.937 bits per heavy atom. The van der Waals surface area contributed by atoms with Gasteiger partial charge in [-0.05, 0) is 155 Å². The number of hydrogen-bond acceptors (Lipinski definition) is 22. The zero-order valence-electron chi connectivity index (χ0n) is 61.3. The van der Waals surface area contributed by atoms with Gasteiger partial charge in [0.15, 0.2) is 21.7 Å². The lowest BCUT2D eigenvalue weighted by Gasteiger charge is -2.38. The van der Waals surface area contributed by atoms with Gasteiger partial charge in [-0.2, -0.15) is 0 Å². The summed E-state index contributed by atoms with van der Waals surface area (Å²) < 4.78 is 50.6. The number of halogens is 4. The molecule has 0 unspecified atom stereocenters. The Balaban J connectivity index is 0.000000195. The number of carbonyl (C=O) groups excluding carboxylic acids is 6. The molecule has 111 heavy (non-hydrogen) atoms. The predicted octanol–water partition coefficient (Wildman–Crippen LogP) is 11.1. The molecule has 8 heterocycles. The van der Waals surface area contributed by atoms with Gasteiger partial charge >= 0.3 is 24.0 Å². The van der Waals surface area contributed by atoms with Gasteiger partial charge in [0, 0.05) is 156 Å². The van der Waals surface area contributed by atoms with Gasteiger partial charge in [-0.25, -0.2) is 37.9 Å². The van der Waals surface area contributed by atoms with Crippen LogP contribution in [0, 0.1) is 11.6 Å². The van der Waals surface area contributed by atoms with Crippen molar-refractivity contribution in [2.75, 3.05) is 103 Å². The fourth-order valence-corrected chi connectivity index (χ4v) is 15.5. The summed E-state index contributed by atoms with van der Waals surface area (Å²) in [7, 11) is 2.60. The number of thiazole rings is 2. The highest BCUT2D eigenvalue weighted by molar-refractivity contribution is 7.12. The van der Waals surface area contributed by atoms with Crippen molar-refractivity contribution in [2.24, 2.45) is 9.98 Å². The number of benzene rings is 6. The van der Waals surface area contributed by atoms with Crippen LogP contribution in [0.5, 0.6) is 23.0 Å². The van der Waals surface area contributed by atoms with Gasteiger partial charge in [0.1, 0.15) is 46.7 Å². The van der Waals surface area contributed by atoms with Gasteiger partial charge < -0.3 is 60.2 Å². The average Bonchev–Trinajstić information content (AvgIpc) is 1.77.